The highest BCUT2D eigenvalue weighted by Crippen LogP contribution is 2.30. The van der Waals surface area contributed by atoms with Gasteiger partial charge in [0.15, 0.2) is 5.13 Å². The lowest BCUT2D eigenvalue weighted by Gasteiger charge is -2.26. The lowest BCUT2D eigenvalue weighted by atomic mass is 9.99. The van der Waals surface area contributed by atoms with E-state index in [2.05, 4.69) is 45.8 Å². The Kier molecular flexibility index (Phi) is 4.62. The molecular weight excluding hydrogens is 380 g/mol. The Hall–Kier alpha value is -3.38. The molecule has 0 unspecified atom stereocenters. The highest BCUT2D eigenvalue weighted by atomic mass is 32.1. The number of nitrogens with zero attached hydrogens (tertiary/aromatic N) is 2. The van der Waals surface area contributed by atoms with Crippen LogP contribution in [-0.4, -0.2) is 34.0 Å². The van der Waals surface area contributed by atoms with Gasteiger partial charge in [0.25, 0.3) is 0 Å². The fourth-order valence-electron chi connectivity index (χ4n) is 3.68. The molecule has 2 aromatic heterocycles. The Bertz CT molecular complexity index is 1190. The molecule has 0 aliphatic carbocycles. The second-order valence-electron chi connectivity index (χ2n) is 7.01. The second-order valence-corrected chi connectivity index (χ2v) is 7.87. The van der Waals surface area contributed by atoms with Crippen molar-refractivity contribution in [2.75, 3.05) is 18.4 Å². The second kappa shape index (κ2) is 7.56. The molecule has 4 aromatic rings. The summed E-state index contributed by atoms with van der Waals surface area (Å²) in [5.41, 5.74) is 5.58. The van der Waals surface area contributed by atoms with Gasteiger partial charge >= 0.3 is 6.03 Å². The van der Waals surface area contributed by atoms with Crippen molar-refractivity contribution in [3.63, 3.8) is 0 Å². The number of amides is 2. The molecule has 2 N–H and O–H groups in total. The topological polar surface area (TPSA) is 61.0 Å². The van der Waals surface area contributed by atoms with Gasteiger partial charge in [0.05, 0.1) is 5.69 Å². The van der Waals surface area contributed by atoms with Gasteiger partial charge in [-0.25, -0.2) is 9.78 Å². The third-order valence-corrected chi connectivity index (χ3v) is 5.98. The van der Waals surface area contributed by atoms with E-state index in [9.17, 15) is 4.79 Å². The zero-order chi connectivity index (χ0) is 19.6. The minimum atomic E-state index is -0.104. The molecule has 3 heterocycles. The maximum absolute atomic E-state index is 12.7. The van der Waals surface area contributed by atoms with Gasteiger partial charge in [0.2, 0.25) is 0 Å². The smallest absolute Gasteiger partial charge is 0.323 e. The number of urea groups is 1. The van der Waals surface area contributed by atoms with E-state index in [1.54, 1.807) is 0 Å². The van der Waals surface area contributed by atoms with Crippen LogP contribution in [0.3, 0.4) is 0 Å². The summed E-state index contributed by atoms with van der Waals surface area (Å²) in [5, 5.41) is 6.76. The first kappa shape index (κ1) is 17.7. The largest absolute Gasteiger partial charge is 0.361 e. The molecule has 1 aliphatic rings. The number of anilines is 1. The van der Waals surface area contributed by atoms with E-state index in [0.29, 0.717) is 18.2 Å². The molecule has 0 spiro atoms. The van der Waals surface area contributed by atoms with Crippen LogP contribution < -0.4 is 5.32 Å². The van der Waals surface area contributed by atoms with Crippen molar-refractivity contribution in [2.45, 2.75) is 6.42 Å². The number of H-pyrrole nitrogens is 1. The van der Waals surface area contributed by atoms with Crippen LogP contribution in [-0.2, 0) is 0 Å². The number of aromatic nitrogens is 2. The van der Waals surface area contributed by atoms with E-state index in [1.807, 2.05) is 46.7 Å². The summed E-state index contributed by atoms with van der Waals surface area (Å²) < 4.78 is 0. The van der Waals surface area contributed by atoms with Crippen molar-refractivity contribution in [3.8, 4) is 11.3 Å². The first-order valence-corrected chi connectivity index (χ1v) is 10.5. The summed E-state index contributed by atoms with van der Waals surface area (Å²) in [4.78, 5) is 22.4. The van der Waals surface area contributed by atoms with Gasteiger partial charge in [-0.15, -0.1) is 11.3 Å². The maximum Gasteiger partial charge on any atom is 0.323 e. The van der Waals surface area contributed by atoms with Crippen LogP contribution in [0.4, 0.5) is 9.93 Å². The molecule has 0 fully saturated rings. The fourth-order valence-corrected chi connectivity index (χ4v) is 4.39. The standard InChI is InChI=1S/C23H20N4OS/c28-23(26-22-25-21(15-29-22)17-6-2-1-3-7-17)27-12-10-16(11-13-27)19-14-24-20-9-5-4-8-18(19)20/h1-10,14-15,24H,11-13H2,(H,25,26,28). The Morgan fingerprint density at radius 3 is 2.76 bits per heavy atom. The molecular formula is C23H20N4OS. The zero-order valence-corrected chi connectivity index (χ0v) is 16.6. The minimum absolute atomic E-state index is 0.104. The van der Waals surface area contributed by atoms with Gasteiger partial charge in [-0.1, -0.05) is 54.6 Å². The molecule has 144 valence electrons. The molecule has 5 rings (SSSR count). The Morgan fingerprint density at radius 1 is 1.10 bits per heavy atom. The zero-order valence-electron chi connectivity index (χ0n) is 15.8. The van der Waals surface area contributed by atoms with Gasteiger partial charge < -0.3 is 9.88 Å². The van der Waals surface area contributed by atoms with Crippen LogP contribution in [0.25, 0.3) is 27.7 Å². The molecule has 0 bridgehead atoms. The van der Waals surface area contributed by atoms with E-state index in [0.717, 1.165) is 23.2 Å². The summed E-state index contributed by atoms with van der Waals surface area (Å²) in [5.74, 6) is 0. The summed E-state index contributed by atoms with van der Waals surface area (Å²) in [6.07, 6.45) is 5.05. The van der Waals surface area contributed by atoms with Crippen LogP contribution in [0.15, 0.2) is 72.3 Å². The molecule has 29 heavy (non-hydrogen) atoms. The normalized spacial score (nSPS) is 14.1. The number of hydrogen-bond acceptors (Lipinski definition) is 3. The molecule has 6 heteroatoms. The molecule has 0 saturated carbocycles. The van der Waals surface area contributed by atoms with E-state index in [1.165, 1.54) is 27.9 Å². The summed E-state index contributed by atoms with van der Waals surface area (Å²) in [6, 6.07) is 18.2. The summed E-state index contributed by atoms with van der Waals surface area (Å²) >= 11 is 1.45. The molecule has 2 aromatic carbocycles. The minimum Gasteiger partial charge on any atom is -0.361 e. The number of carbonyl (C=O) groups is 1. The fraction of sp³-hybridized carbons (Fsp3) is 0.130. The number of hydrogen-bond donors (Lipinski definition) is 2. The van der Waals surface area contributed by atoms with Gasteiger partial charge in [0.1, 0.15) is 0 Å². The number of thiazole rings is 1. The van der Waals surface area contributed by atoms with E-state index in [-0.39, 0.29) is 6.03 Å². The van der Waals surface area contributed by atoms with Crippen molar-refractivity contribution in [2.24, 2.45) is 0 Å². The van der Waals surface area contributed by atoms with Gasteiger partial charge in [-0.2, -0.15) is 0 Å². The van der Waals surface area contributed by atoms with Crippen molar-refractivity contribution >= 4 is 39.0 Å². The number of para-hydroxylation sites is 1. The molecule has 1 aliphatic heterocycles. The Balaban J connectivity index is 1.26. The summed E-state index contributed by atoms with van der Waals surface area (Å²) in [6.45, 7) is 1.28. The third-order valence-electron chi connectivity index (χ3n) is 5.22. The number of fused-ring (bicyclic) bond motifs is 1. The predicted molar refractivity (Wildman–Crippen MR) is 119 cm³/mol. The molecule has 2 amide bonds. The van der Waals surface area contributed by atoms with Crippen molar-refractivity contribution in [1.82, 2.24) is 14.9 Å². The number of carbonyl (C=O) groups excluding carboxylic acids is 1. The van der Waals surface area contributed by atoms with Crippen molar-refractivity contribution < 1.29 is 4.79 Å². The monoisotopic (exact) mass is 400 g/mol. The first-order valence-electron chi connectivity index (χ1n) is 9.60. The SMILES string of the molecule is O=C(Nc1nc(-c2ccccc2)cs1)N1CC=C(c2c[nH]c3ccccc23)CC1. The quantitative estimate of drug-likeness (QED) is 0.469. The van der Waals surface area contributed by atoms with Gasteiger partial charge in [0, 0.05) is 46.7 Å². The highest BCUT2D eigenvalue weighted by molar-refractivity contribution is 7.14. The van der Waals surface area contributed by atoms with E-state index in [4.69, 9.17) is 0 Å². The number of aromatic amines is 1. The molecule has 0 atom stereocenters. The van der Waals surface area contributed by atoms with Crippen LogP contribution in [0, 0.1) is 0 Å². The van der Waals surface area contributed by atoms with E-state index >= 15 is 0 Å². The van der Waals surface area contributed by atoms with Crippen LogP contribution >= 0.6 is 11.3 Å². The van der Waals surface area contributed by atoms with Crippen LogP contribution in [0.2, 0.25) is 0 Å². The number of benzene rings is 2. The summed E-state index contributed by atoms with van der Waals surface area (Å²) in [7, 11) is 0. The third kappa shape index (κ3) is 3.54. The molecule has 0 radical (unpaired) electrons. The Labute approximate surface area is 172 Å². The average Bonchev–Trinajstić information content (AvgIpc) is 3.42. The van der Waals surface area contributed by atoms with Crippen molar-refractivity contribution in [1.29, 1.82) is 0 Å². The molecule has 0 saturated heterocycles. The van der Waals surface area contributed by atoms with Gasteiger partial charge in [-0.3, -0.25) is 5.32 Å². The lowest BCUT2D eigenvalue weighted by Crippen LogP contribution is -2.37. The lowest BCUT2D eigenvalue weighted by molar-refractivity contribution is 0.217. The highest BCUT2D eigenvalue weighted by Gasteiger charge is 2.20. The average molecular weight is 401 g/mol. The Morgan fingerprint density at radius 2 is 1.93 bits per heavy atom. The van der Waals surface area contributed by atoms with Crippen LogP contribution in [0.1, 0.15) is 12.0 Å². The predicted octanol–water partition coefficient (Wildman–Crippen LogP) is 5.61. The van der Waals surface area contributed by atoms with E-state index < -0.39 is 0 Å². The number of rotatable bonds is 3. The maximum atomic E-state index is 12.7. The van der Waals surface area contributed by atoms with Gasteiger partial charge in [-0.05, 0) is 18.1 Å². The number of nitrogens with one attached hydrogen (secondary N) is 2. The first-order chi connectivity index (χ1) is 14.3. The van der Waals surface area contributed by atoms with Crippen molar-refractivity contribution in [3.05, 3.63) is 77.8 Å². The molecule has 5 nitrogen and oxygen atoms in total. The van der Waals surface area contributed by atoms with Crippen LogP contribution in [0.5, 0.6) is 0 Å².